The number of unbranched alkanes of at least 4 members (excludes halogenated alkanes) is 37. The lowest BCUT2D eigenvalue weighted by molar-refractivity contribution is -0.161. The molecule has 558 valence electrons. The SMILES string of the molecule is CCC(C)CCCCCCCCCCCCCCCCC(=O)O[C@H](COC(=O)CCCCCCCCC(C)C)COP(=O)(O)OC[C@H](O)COP(=O)(O)OC[C@@H](COC(=O)CCCCCCCCCCCCCCC(C)C)OC(=O)CCCCCCCCCCCC(C)C. The second-order valence-electron chi connectivity index (χ2n) is 28.7. The molecule has 0 aliphatic rings. The van der Waals surface area contributed by atoms with E-state index in [4.69, 9.17) is 37.0 Å². The smallest absolute Gasteiger partial charge is 0.462 e. The standard InChI is InChI=1S/C75H146O17P2/c1-9-68(8)54-46-38-29-23-17-12-10-11-13-19-25-31-41-49-57-74(79)92-71(62-86-73(78)56-48-40-34-33-37-45-53-67(6)7)64-90-94(83,84)88-60-69(76)59-87-93(81,82)89-63-70(91-75(80)58-50-42-32-26-20-22-28-36-44-52-66(4)5)61-85-72(77)55-47-39-30-24-18-15-14-16-21-27-35-43-51-65(2)3/h65-71,76H,9-64H2,1-8H3,(H,81,82)(H,83,84)/t68?,69-,70-,71-/m1/s1. The van der Waals surface area contributed by atoms with Gasteiger partial charge in [0.25, 0.3) is 0 Å². The van der Waals surface area contributed by atoms with Crippen molar-refractivity contribution < 1.29 is 80.2 Å². The van der Waals surface area contributed by atoms with Crippen molar-refractivity contribution in [2.24, 2.45) is 23.7 Å². The van der Waals surface area contributed by atoms with Gasteiger partial charge in [0.2, 0.25) is 0 Å². The van der Waals surface area contributed by atoms with Gasteiger partial charge in [0, 0.05) is 25.7 Å². The zero-order valence-corrected chi connectivity index (χ0v) is 63.4. The Balaban J connectivity index is 5.21. The van der Waals surface area contributed by atoms with Crippen molar-refractivity contribution in [3.8, 4) is 0 Å². The van der Waals surface area contributed by atoms with E-state index in [2.05, 4.69) is 55.4 Å². The number of aliphatic hydroxyl groups excluding tert-OH is 1. The molecule has 0 fully saturated rings. The number of phosphoric ester groups is 2. The number of aliphatic hydroxyl groups is 1. The van der Waals surface area contributed by atoms with Crippen molar-refractivity contribution in [2.45, 2.75) is 395 Å². The summed E-state index contributed by atoms with van der Waals surface area (Å²) < 4.78 is 68.4. The highest BCUT2D eigenvalue weighted by atomic mass is 31.2. The van der Waals surface area contributed by atoms with Crippen molar-refractivity contribution in [1.29, 1.82) is 0 Å². The number of hydrogen-bond donors (Lipinski definition) is 3. The van der Waals surface area contributed by atoms with E-state index in [9.17, 15) is 43.2 Å². The van der Waals surface area contributed by atoms with E-state index in [-0.39, 0.29) is 25.7 Å². The topological polar surface area (TPSA) is 237 Å². The van der Waals surface area contributed by atoms with Crippen LogP contribution in [0.2, 0.25) is 0 Å². The number of rotatable bonds is 72. The zero-order chi connectivity index (χ0) is 69.6. The molecule has 0 bridgehead atoms. The van der Waals surface area contributed by atoms with Crippen LogP contribution in [0.25, 0.3) is 0 Å². The van der Waals surface area contributed by atoms with Gasteiger partial charge in [-0.2, -0.15) is 0 Å². The maximum Gasteiger partial charge on any atom is 0.472 e. The summed E-state index contributed by atoms with van der Waals surface area (Å²) in [4.78, 5) is 72.7. The Bertz CT molecular complexity index is 1850. The summed E-state index contributed by atoms with van der Waals surface area (Å²) >= 11 is 0. The Kier molecular flexibility index (Phi) is 63.1. The number of ether oxygens (including phenoxy) is 4. The molecular weight excluding hydrogens is 1230 g/mol. The first kappa shape index (κ1) is 92.1. The molecule has 0 rings (SSSR count). The third kappa shape index (κ3) is 67.3. The van der Waals surface area contributed by atoms with Crippen molar-refractivity contribution >= 4 is 39.5 Å². The molecule has 0 saturated carbocycles. The molecule has 0 aliphatic carbocycles. The second-order valence-corrected chi connectivity index (χ2v) is 31.6. The van der Waals surface area contributed by atoms with E-state index in [0.29, 0.717) is 31.6 Å². The summed E-state index contributed by atoms with van der Waals surface area (Å²) in [6, 6.07) is 0. The summed E-state index contributed by atoms with van der Waals surface area (Å²) in [6.45, 7) is 14.2. The Morgan fingerprint density at radius 2 is 0.511 bits per heavy atom. The molecule has 0 radical (unpaired) electrons. The van der Waals surface area contributed by atoms with Crippen LogP contribution in [0.15, 0.2) is 0 Å². The van der Waals surface area contributed by atoms with Crippen LogP contribution in [0.3, 0.4) is 0 Å². The van der Waals surface area contributed by atoms with Gasteiger partial charge in [-0.1, -0.05) is 325 Å². The molecular formula is C75H146O17P2. The summed E-state index contributed by atoms with van der Waals surface area (Å²) in [6.07, 6.45) is 48.7. The number of phosphoric acid groups is 2. The minimum Gasteiger partial charge on any atom is -0.462 e. The Morgan fingerprint density at radius 1 is 0.298 bits per heavy atom. The van der Waals surface area contributed by atoms with Gasteiger partial charge < -0.3 is 33.8 Å². The fourth-order valence-corrected chi connectivity index (χ4v) is 12.9. The lowest BCUT2D eigenvalue weighted by Crippen LogP contribution is -2.30. The molecule has 19 heteroatoms. The third-order valence-corrected chi connectivity index (χ3v) is 19.6. The van der Waals surface area contributed by atoms with E-state index < -0.39 is 97.5 Å². The van der Waals surface area contributed by atoms with Crippen LogP contribution in [-0.4, -0.2) is 96.7 Å². The normalized spacial score (nSPS) is 14.4. The third-order valence-electron chi connectivity index (χ3n) is 17.7. The minimum absolute atomic E-state index is 0.105. The molecule has 3 N–H and O–H groups in total. The maximum atomic E-state index is 13.1. The van der Waals surface area contributed by atoms with Gasteiger partial charge in [0.1, 0.15) is 19.3 Å². The second kappa shape index (κ2) is 64.4. The van der Waals surface area contributed by atoms with Gasteiger partial charge in [-0.25, -0.2) is 9.13 Å². The molecule has 17 nitrogen and oxygen atoms in total. The van der Waals surface area contributed by atoms with Crippen molar-refractivity contribution in [1.82, 2.24) is 0 Å². The average Bonchev–Trinajstić information content (AvgIpc) is 3.46. The molecule has 0 aliphatic heterocycles. The Hall–Kier alpha value is -1.94. The first-order valence-electron chi connectivity index (χ1n) is 38.7. The van der Waals surface area contributed by atoms with Gasteiger partial charge in [0.15, 0.2) is 12.2 Å². The van der Waals surface area contributed by atoms with Crippen LogP contribution in [0.4, 0.5) is 0 Å². The molecule has 0 amide bonds. The van der Waals surface area contributed by atoms with E-state index in [0.717, 1.165) is 114 Å². The first-order valence-corrected chi connectivity index (χ1v) is 41.7. The lowest BCUT2D eigenvalue weighted by atomic mass is 9.99. The number of esters is 4. The van der Waals surface area contributed by atoms with Gasteiger partial charge in [-0.3, -0.25) is 37.3 Å². The van der Waals surface area contributed by atoms with E-state index in [1.165, 1.54) is 173 Å². The highest BCUT2D eigenvalue weighted by Crippen LogP contribution is 2.45. The number of carbonyl (C=O) groups is 4. The molecule has 0 saturated heterocycles. The Labute approximate surface area is 575 Å². The summed E-state index contributed by atoms with van der Waals surface area (Å²) in [5, 5.41) is 10.6. The van der Waals surface area contributed by atoms with Crippen molar-refractivity contribution in [2.75, 3.05) is 39.6 Å². The van der Waals surface area contributed by atoms with Crippen molar-refractivity contribution in [3.05, 3.63) is 0 Å². The van der Waals surface area contributed by atoms with Crippen LogP contribution < -0.4 is 0 Å². The monoisotopic (exact) mass is 1380 g/mol. The van der Waals surface area contributed by atoms with Crippen molar-refractivity contribution in [3.63, 3.8) is 0 Å². The molecule has 94 heavy (non-hydrogen) atoms. The van der Waals surface area contributed by atoms with E-state index in [1.807, 2.05) is 0 Å². The van der Waals surface area contributed by atoms with Gasteiger partial charge in [0.05, 0.1) is 26.4 Å². The van der Waals surface area contributed by atoms with Gasteiger partial charge in [-0.15, -0.1) is 0 Å². The molecule has 0 spiro atoms. The number of carbonyl (C=O) groups excluding carboxylic acids is 4. The fraction of sp³-hybridized carbons (Fsp3) is 0.947. The molecule has 0 aromatic carbocycles. The van der Waals surface area contributed by atoms with Gasteiger partial charge in [-0.05, 0) is 49.4 Å². The quantitative estimate of drug-likeness (QED) is 0.0222. The van der Waals surface area contributed by atoms with Gasteiger partial charge >= 0.3 is 39.5 Å². The Morgan fingerprint density at radius 3 is 0.755 bits per heavy atom. The highest BCUT2D eigenvalue weighted by molar-refractivity contribution is 7.47. The molecule has 0 heterocycles. The van der Waals surface area contributed by atoms with Crippen LogP contribution in [-0.2, 0) is 65.4 Å². The zero-order valence-electron chi connectivity index (χ0n) is 61.6. The molecule has 0 aromatic rings. The van der Waals surface area contributed by atoms with Crippen LogP contribution in [0.1, 0.15) is 376 Å². The summed E-state index contributed by atoms with van der Waals surface area (Å²) in [7, 11) is -9.91. The fourth-order valence-electron chi connectivity index (χ4n) is 11.3. The van der Waals surface area contributed by atoms with Crippen LogP contribution in [0.5, 0.6) is 0 Å². The molecule has 3 unspecified atom stereocenters. The van der Waals surface area contributed by atoms with Crippen LogP contribution in [0, 0.1) is 23.7 Å². The lowest BCUT2D eigenvalue weighted by Gasteiger charge is -2.21. The minimum atomic E-state index is -4.96. The summed E-state index contributed by atoms with van der Waals surface area (Å²) in [5.41, 5.74) is 0. The van der Waals surface area contributed by atoms with E-state index >= 15 is 0 Å². The molecule has 0 aromatic heterocycles. The average molecular weight is 1380 g/mol. The highest BCUT2D eigenvalue weighted by Gasteiger charge is 2.30. The summed E-state index contributed by atoms with van der Waals surface area (Å²) in [5.74, 6) is 0.919. The van der Waals surface area contributed by atoms with Crippen LogP contribution >= 0.6 is 15.6 Å². The predicted octanol–water partition coefficient (Wildman–Crippen LogP) is 21.7. The van der Waals surface area contributed by atoms with E-state index in [1.54, 1.807) is 0 Å². The molecule has 6 atom stereocenters. The first-order chi connectivity index (χ1) is 45.1. The maximum absolute atomic E-state index is 13.1. The number of hydrogen-bond acceptors (Lipinski definition) is 15. The predicted molar refractivity (Wildman–Crippen MR) is 381 cm³/mol. The largest absolute Gasteiger partial charge is 0.472 e.